The number of nitrogens with two attached hydrogens (primary N) is 2. The highest BCUT2D eigenvalue weighted by atomic mass is 16.5. The first kappa shape index (κ1) is 9.26. The number of aromatic nitrogens is 2. The van der Waals surface area contributed by atoms with E-state index in [0.29, 0.717) is 23.1 Å². The summed E-state index contributed by atoms with van der Waals surface area (Å²) in [4.78, 5) is 7.79. The first-order valence-corrected chi connectivity index (χ1v) is 4.36. The number of nitrogen functional groups attached to an aromatic ring is 2. The van der Waals surface area contributed by atoms with Crippen LogP contribution in [0.1, 0.15) is 0 Å². The van der Waals surface area contributed by atoms with E-state index in [1.54, 1.807) is 36.7 Å². The molecule has 0 unspecified atom stereocenters. The molecule has 0 amide bonds. The Labute approximate surface area is 86.7 Å². The van der Waals surface area contributed by atoms with E-state index in [0.717, 1.165) is 0 Å². The van der Waals surface area contributed by atoms with Crippen LogP contribution < -0.4 is 16.2 Å². The number of rotatable bonds is 2. The highest BCUT2D eigenvalue weighted by molar-refractivity contribution is 5.52. The molecule has 0 aliphatic heterocycles. The van der Waals surface area contributed by atoms with Crippen LogP contribution in [0, 0.1) is 0 Å². The second kappa shape index (κ2) is 3.83. The van der Waals surface area contributed by atoms with Crippen molar-refractivity contribution in [2.75, 3.05) is 11.5 Å². The molecule has 0 aliphatic rings. The summed E-state index contributed by atoms with van der Waals surface area (Å²) >= 11 is 0. The third-order valence-electron chi connectivity index (χ3n) is 1.82. The van der Waals surface area contributed by atoms with Gasteiger partial charge in [-0.15, -0.1) is 0 Å². The molecule has 2 aromatic heterocycles. The van der Waals surface area contributed by atoms with E-state index in [4.69, 9.17) is 16.2 Å². The Balaban J connectivity index is 2.30. The standard InChI is InChI=1S/C10H10N4O/c11-9-7(3-1-5-13-9)15-8-4-2-6-14-10(8)12/h1-6H,(H2,11,13)(H2,12,14). The van der Waals surface area contributed by atoms with Crippen LogP contribution >= 0.6 is 0 Å². The molecular formula is C10H10N4O. The van der Waals surface area contributed by atoms with Gasteiger partial charge in [0.15, 0.2) is 23.1 Å². The number of pyridine rings is 2. The van der Waals surface area contributed by atoms with Gasteiger partial charge < -0.3 is 16.2 Å². The van der Waals surface area contributed by atoms with Crippen LogP contribution in [0.4, 0.5) is 11.6 Å². The molecule has 15 heavy (non-hydrogen) atoms. The van der Waals surface area contributed by atoms with Gasteiger partial charge in [0.05, 0.1) is 0 Å². The van der Waals surface area contributed by atoms with Crippen molar-refractivity contribution in [3.8, 4) is 11.5 Å². The lowest BCUT2D eigenvalue weighted by Crippen LogP contribution is -1.97. The minimum Gasteiger partial charge on any atom is -0.450 e. The smallest absolute Gasteiger partial charge is 0.169 e. The third kappa shape index (κ3) is 1.96. The van der Waals surface area contributed by atoms with Gasteiger partial charge in [0.1, 0.15) is 0 Å². The predicted octanol–water partition coefficient (Wildman–Crippen LogP) is 1.43. The fourth-order valence-corrected chi connectivity index (χ4v) is 1.10. The van der Waals surface area contributed by atoms with Crippen LogP contribution in [-0.2, 0) is 0 Å². The van der Waals surface area contributed by atoms with E-state index in [9.17, 15) is 0 Å². The molecule has 0 aromatic carbocycles. The highest BCUT2D eigenvalue weighted by Gasteiger charge is 2.04. The molecule has 5 heteroatoms. The van der Waals surface area contributed by atoms with Gasteiger partial charge in [-0.05, 0) is 24.3 Å². The third-order valence-corrected chi connectivity index (χ3v) is 1.82. The maximum Gasteiger partial charge on any atom is 0.169 e. The first-order valence-electron chi connectivity index (χ1n) is 4.36. The number of hydrogen-bond acceptors (Lipinski definition) is 5. The Morgan fingerprint density at radius 2 is 1.33 bits per heavy atom. The molecule has 2 rings (SSSR count). The first-order chi connectivity index (χ1) is 7.27. The molecule has 76 valence electrons. The minimum atomic E-state index is 0.320. The molecule has 0 bridgehead atoms. The summed E-state index contributed by atoms with van der Waals surface area (Å²) in [5.41, 5.74) is 11.2. The minimum absolute atomic E-state index is 0.320. The van der Waals surface area contributed by atoms with Gasteiger partial charge in [-0.25, -0.2) is 9.97 Å². The second-order valence-electron chi connectivity index (χ2n) is 2.88. The summed E-state index contributed by atoms with van der Waals surface area (Å²) in [6.45, 7) is 0. The highest BCUT2D eigenvalue weighted by Crippen LogP contribution is 2.27. The lowest BCUT2D eigenvalue weighted by molar-refractivity contribution is 0.483. The van der Waals surface area contributed by atoms with Crippen molar-refractivity contribution in [2.24, 2.45) is 0 Å². The van der Waals surface area contributed by atoms with Crippen LogP contribution in [-0.4, -0.2) is 9.97 Å². The fraction of sp³-hybridized carbons (Fsp3) is 0. The van der Waals surface area contributed by atoms with E-state index in [1.165, 1.54) is 0 Å². The van der Waals surface area contributed by atoms with Crippen LogP contribution in [0.3, 0.4) is 0 Å². The average molecular weight is 202 g/mol. The summed E-state index contributed by atoms with van der Waals surface area (Å²) in [5, 5.41) is 0. The van der Waals surface area contributed by atoms with E-state index in [1.807, 2.05) is 0 Å². The van der Waals surface area contributed by atoms with Gasteiger partial charge in [-0.2, -0.15) is 0 Å². The molecule has 2 aromatic rings. The molecule has 2 heterocycles. The quantitative estimate of drug-likeness (QED) is 0.769. The van der Waals surface area contributed by atoms with E-state index in [2.05, 4.69) is 9.97 Å². The summed E-state index contributed by atoms with van der Waals surface area (Å²) in [6.07, 6.45) is 3.18. The van der Waals surface area contributed by atoms with Crippen LogP contribution in [0.5, 0.6) is 11.5 Å². The zero-order valence-corrected chi connectivity index (χ0v) is 7.92. The van der Waals surface area contributed by atoms with Crippen LogP contribution in [0.15, 0.2) is 36.7 Å². The zero-order chi connectivity index (χ0) is 10.7. The molecule has 0 saturated carbocycles. The van der Waals surface area contributed by atoms with Gasteiger partial charge in [0.25, 0.3) is 0 Å². The SMILES string of the molecule is Nc1ncccc1Oc1cccnc1N. The molecule has 0 fully saturated rings. The Morgan fingerprint density at radius 3 is 1.73 bits per heavy atom. The number of hydrogen-bond donors (Lipinski definition) is 2. The van der Waals surface area contributed by atoms with Gasteiger partial charge >= 0.3 is 0 Å². The van der Waals surface area contributed by atoms with E-state index >= 15 is 0 Å². The topological polar surface area (TPSA) is 87.0 Å². The summed E-state index contributed by atoms with van der Waals surface area (Å²) in [6, 6.07) is 6.90. The maximum atomic E-state index is 5.62. The average Bonchev–Trinajstić information content (AvgIpc) is 2.24. The fourth-order valence-electron chi connectivity index (χ4n) is 1.10. The van der Waals surface area contributed by atoms with Gasteiger partial charge in [0.2, 0.25) is 0 Å². The van der Waals surface area contributed by atoms with Crippen molar-refractivity contribution in [1.82, 2.24) is 9.97 Å². The number of anilines is 2. The Kier molecular flexibility index (Phi) is 2.37. The van der Waals surface area contributed by atoms with Crippen molar-refractivity contribution < 1.29 is 4.74 Å². The van der Waals surface area contributed by atoms with E-state index < -0.39 is 0 Å². The Hall–Kier alpha value is -2.30. The summed E-state index contributed by atoms with van der Waals surface area (Å²) < 4.78 is 5.46. The normalized spacial score (nSPS) is 9.87. The van der Waals surface area contributed by atoms with Crippen molar-refractivity contribution in [1.29, 1.82) is 0 Å². The molecule has 0 aliphatic carbocycles. The molecule has 5 nitrogen and oxygen atoms in total. The monoisotopic (exact) mass is 202 g/mol. The van der Waals surface area contributed by atoms with Gasteiger partial charge in [-0.1, -0.05) is 0 Å². The molecule has 0 atom stereocenters. The molecule has 0 radical (unpaired) electrons. The number of nitrogens with zero attached hydrogens (tertiary/aromatic N) is 2. The van der Waals surface area contributed by atoms with Gasteiger partial charge in [-0.3, -0.25) is 0 Å². The van der Waals surface area contributed by atoms with Crippen molar-refractivity contribution in [2.45, 2.75) is 0 Å². The Bertz CT molecular complexity index is 429. The largest absolute Gasteiger partial charge is 0.450 e. The molecular weight excluding hydrogens is 192 g/mol. The molecule has 0 saturated heterocycles. The van der Waals surface area contributed by atoms with Gasteiger partial charge in [0, 0.05) is 12.4 Å². The molecule has 0 spiro atoms. The summed E-state index contributed by atoms with van der Waals surface area (Å²) in [5.74, 6) is 1.58. The number of ether oxygens (including phenoxy) is 1. The molecule has 4 N–H and O–H groups in total. The maximum absolute atomic E-state index is 5.62. The van der Waals surface area contributed by atoms with Crippen molar-refractivity contribution in [3.63, 3.8) is 0 Å². The van der Waals surface area contributed by atoms with Crippen molar-refractivity contribution >= 4 is 11.6 Å². The Morgan fingerprint density at radius 1 is 0.867 bits per heavy atom. The van der Waals surface area contributed by atoms with Crippen LogP contribution in [0.2, 0.25) is 0 Å². The lowest BCUT2D eigenvalue weighted by atomic mass is 10.4. The second-order valence-corrected chi connectivity index (χ2v) is 2.88. The zero-order valence-electron chi connectivity index (χ0n) is 7.92. The van der Waals surface area contributed by atoms with Crippen molar-refractivity contribution in [3.05, 3.63) is 36.7 Å². The van der Waals surface area contributed by atoms with Crippen LogP contribution in [0.25, 0.3) is 0 Å². The lowest BCUT2D eigenvalue weighted by Gasteiger charge is -2.08. The van der Waals surface area contributed by atoms with E-state index in [-0.39, 0.29) is 0 Å². The predicted molar refractivity (Wildman–Crippen MR) is 57.4 cm³/mol. The summed E-state index contributed by atoms with van der Waals surface area (Å²) in [7, 11) is 0.